The Hall–Kier alpha value is -2.62. The number of hydrogen-bond donors (Lipinski definition) is 2. The number of hydrogen-bond acceptors (Lipinski definition) is 6. The maximum atomic E-state index is 12.6. The van der Waals surface area contributed by atoms with Gasteiger partial charge in [0.05, 0.1) is 25.2 Å². The lowest BCUT2D eigenvalue weighted by Gasteiger charge is -2.25. The van der Waals surface area contributed by atoms with E-state index >= 15 is 0 Å². The van der Waals surface area contributed by atoms with E-state index in [0.29, 0.717) is 23.7 Å². The van der Waals surface area contributed by atoms with E-state index in [2.05, 4.69) is 5.32 Å². The molecule has 0 aliphatic carbocycles. The number of rotatable bonds is 8. The lowest BCUT2D eigenvalue weighted by Crippen LogP contribution is -2.39. The minimum Gasteiger partial charge on any atom is -0.493 e. The van der Waals surface area contributed by atoms with Crippen molar-refractivity contribution in [3.05, 3.63) is 47.5 Å². The van der Waals surface area contributed by atoms with Gasteiger partial charge in [0.1, 0.15) is 0 Å². The van der Waals surface area contributed by atoms with Crippen LogP contribution in [0.3, 0.4) is 0 Å². The van der Waals surface area contributed by atoms with Crippen molar-refractivity contribution in [2.75, 3.05) is 26.6 Å². The number of benzene rings is 2. The van der Waals surface area contributed by atoms with Crippen LogP contribution in [0.4, 0.5) is 5.69 Å². The standard InChI is InChI=1S/C20H27N3O5S/c1-13-9-18(27-4)19(28-5)10-15(13)12-23(3)14(2)20(24)22-16-7-6-8-17(11-16)29(21,25)26/h6-11,14H,12H2,1-5H3,(H,22,24)(H2,21,25,26)/t14-/m1/s1. The summed E-state index contributed by atoms with van der Waals surface area (Å²) in [5.74, 6) is 1.01. The van der Waals surface area contributed by atoms with Gasteiger partial charge in [-0.05, 0) is 62.4 Å². The summed E-state index contributed by atoms with van der Waals surface area (Å²) in [5, 5.41) is 7.87. The SMILES string of the molecule is COc1cc(C)c(CN(C)[C@H](C)C(=O)Nc2cccc(S(N)(=O)=O)c2)cc1OC. The number of likely N-dealkylation sites (N-methyl/N-ethyl adjacent to an activating group) is 1. The average Bonchev–Trinajstić information content (AvgIpc) is 2.67. The molecule has 1 amide bonds. The van der Waals surface area contributed by atoms with Crippen LogP contribution in [0.2, 0.25) is 0 Å². The number of methoxy groups -OCH3 is 2. The quantitative estimate of drug-likeness (QED) is 0.675. The number of aryl methyl sites for hydroxylation is 1. The van der Waals surface area contributed by atoms with Gasteiger partial charge >= 0.3 is 0 Å². The first-order chi connectivity index (χ1) is 13.6. The van der Waals surface area contributed by atoms with Gasteiger partial charge in [-0.2, -0.15) is 0 Å². The Labute approximate surface area is 171 Å². The van der Waals surface area contributed by atoms with Gasteiger partial charge in [0.15, 0.2) is 11.5 Å². The third-order valence-electron chi connectivity index (χ3n) is 4.73. The maximum absolute atomic E-state index is 12.6. The Morgan fingerprint density at radius 3 is 2.38 bits per heavy atom. The van der Waals surface area contributed by atoms with Crippen LogP contribution < -0.4 is 19.9 Å². The van der Waals surface area contributed by atoms with Crippen LogP contribution in [-0.4, -0.2) is 46.5 Å². The normalized spacial score (nSPS) is 12.5. The summed E-state index contributed by atoms with van der Waals surface area (Å²) in [4.78, 5) is 14.5. The number of carbonyl (C=O) groups is 1. The number of anilines is 1. The highest BCUT2D eigenvalue weighted by Crippen LogP contribution is 2.31. The fourth-order valence-corrected chi connectivity index (χ4v) is 3.36. The summed E-state index contributed by atoms with van der Waals surface area (Å²) < 4.78 is 33.6. The van der Waals surface area contributed by atoms with Crippen molar-refractivity contribution in [1.29, 1.82) is 0 Å². The Morgan fingerprint density at radius 2 is 1.79 bits per heavy atom. The van der Waals surface area contributed by atoms with Gasteiger partial charge in [0.25, 0.3) is 0 Å². The van der Waals surface area contributed by atoms with Crippen molar-refractivity contribution in [1.82, 2.24) is 4.90 Å². The minimum atomic E-state index is -3.84. The summed E-state index contributed by atoms with van der Waals surface area (Å²) in [5.41, 5.74) is 2.38. The highest BCUT2D eigenvalue weighted by Gasteiger charge is 2.20. The third kappa shape index (κ3) is 5.69. The second-order valence-electron chi connectivity index (χ2n) is 6.79. The zero-order chi connectivity index (χ0) is 21.8. The van der Waals surface area contributed by atoms with Gasteiger partial charge in [0.2, 0.25) is 15.9 Å². The van der Waals surface area contributed by atoms with Crippen molar-refractivity contribution in [3.63, 3.8) is 0 Å². The molecule has 2 aromatic carbocycles. The molecule has 1 atom stereocenters. The molecule has 0 saturated heterocycles. The fourth-order valence-electron chi connectivity index (χ4n) is 2.80. The van der Waals surface area contributed by atoms with Crippen molar-refractivity contribution >= 4 is 21.6 Å². The highest BCUT2D eigenvalue weighted by molar-refractivity contribution is 7.89. The van der Waals surface area contributed by atoms with Crippen molar-refractivity contribution in [2.24, 2.45) is 5.14 Å². The molecule has 29 heavy (non-hydrogen) atoms. The first-order valence-electron chi connectivity index (χ1n) is 8.92. The van der Waals surface area contributed by atoms with Crippen LogP contribution in [0.1, 0.15) is 18.1 Å². The Balaban J connectivity index is 2.12. The molecule has 9 heteroatoms. The molecule has 0 aromatic heterocycles. The maximum Gasteiger partial charge on any atom is 0.241 e. The number of nitrogens with two attached hydrogens (primary N) is 1. The zero-order valence-corrected chi connectivity index (χ0v) is 18.0. The van der Waals surface area contributed by atoms with Crippen LogP contribution in [0.25, 0.3) is 0 Å². The molecule has 2 aromatic rings. The topological polar surface area (TPSA) is 111 Å². The Kier molecular flexibility index (Phi) is 7.23. The number of amides is 1. The van der Waals surface area contributed by atoms with Crippen LogP contribution >= 0.6 is 0 Å². The smallest absolute Gasteiger partial charge is 0.241 e. The molecule has 0 aliphatic heterocycles. The van der Waals surface area contributed by atoms with Crippen LogP contribution in [-0.2, 0) is 21.4 Å². The molecule has 2 rings (SSSR count). The van der Waals surface area contributed by atoms with Gasteiger partial charge in [-0.15, -0.1) is 0 Å². The molecule has 0 fully saturated rings. The highest BCUT2D eigenvalue weighted by atomic mass is 32.2. The van der Waals surface area contributed by atoms with E-state index in [1.165, 1.54) is 18.2 Å². The Bertz CT molecular complexity index is 992. The summed E-state index contributed by atoms with van der Waals surface area (Å²) >= 11 is 0. The molecule has 0 heterocycles. The first-order valence-corrected chi connectivity index (χ1v) is 10.5. The van der Waals surface area contributed by atoms with Crippen molar-refractivity contribution in [2.45, 2.75) is 31.3 Å². The molecule has 0 aliphatic rings. The van der Waals surface area contributed by atoms with E-state index < -0.39 is 16.1 Å². The van der Waals surface area contributed by atoms with Crippen LogP contribution in [0.5, 0.6) is 11.5 Å². The zero-order valence-electron chi connectivity index (χ0n) is 17.2. The lowest BCUT2D eigenvalue weighted by atomic mass is 10.1. The molecular formula is C20H27N3O5S. The summed E-state index contributed by atoms with van der Waals surface area (Å²) in [6, 6.07) is 9.16. The largest absolute Gasteiger partial charge is 0.493 e. The van der Waals surface area contributed by atoms with Gasteiger partial charge < -0.3 is 14.8 Å². The second-order valence-corrected chi connectivity index (χ2v) is 8.35. The molecular weight excluding hydrogens is 394 g/mol. The average molecular weight is 422 g/mol. The summed E-state index contributed by atoms with van der Waals surface area (Å²) in [6.45, 7) is 4.25. The third-order valence-corrected chi connectivity index (χ3v) is 5.64. The number of primary sulfonamides is 1. The van der Waals surface area contributed by atoms with Crippen LogP contribution in [0, 0.1) is 6.92 Å². The summed E-state index contributed by atoms with van der Waals surface area (Å²) in [7, 11) is 1.15. The van der Waals surface area contributed by atoms with E-state index in [1.807, 2.05) is 31.0 Å². The van der Waals surface area contributed by atoms with Gasteiger partial charge in [0, 0.05) is 12.2 Å². The fraction of sp³-hybridized carbons (Fsp3) is 0.350. The Morgan fingerprint density at radius 1 is 1.17 bits per heavy atom. The number of sulfonamides is 1. The molecule has 0 spiro atoms. The van der Waals surface area contributed by atoms with E-state index in [0.717, 1.165) is 11.1 Å². The van der Waals surface area contributed by atoms with E-state index in [1.54, 1.807) is 27.2 Å². The van der Waals surface area contributed by atoms with E-state index in [4.69, 9.17) is 14.6 Å². The predicted octanol–water partition coefficient (Wildman–Crippen LogP) is 2.12. The molecule has 0 bridgehead atoms. The van der Waals surface area contributed by atoms with Gasteiger partial charge in [-0.25, -0.2) is 13.6 Å². The number of nitrogens with zero attached hydrogens (tertiary/aromatic N) is 1. The summed E-state index contributed by atoms with van der Waals surface area (Å²) in [6.07, 6.45) is 0. The monoisotopic (exact) mass is 421 g/mol. The molecule has 0 radical (unpaired) electrons. The second kappa shape index (κ2) is 9.25. The molecule has 0 saturated carbocycles. The first kappa shape index (κ1) is 22.7. The van der Waals surface area contributed by atoms with Crippen LogP contribution in [0.15, 0.2) is 41.3 Å². The molecule has 158 valence electrons. The molecule has 3 N–H and O–H groups in total. The number of carbonyl (C=O) groups excluding carboxylic acids is 1. The number of ether oxygens (including phenoxy) is 2. The van der Waals surface area contributed by atoms with E-state index in [9.17, 15) is 13.2 Å². The van der Waals surface area contributed by atoms with E-state index in [-0.39, 0.29) is 10.8 Å². The number of nitrogens with one attached hydrogen (secondary N) is 1. The van der Waals surface area contributed by atoms with Crippen molar-refractivity contribution < 1.29 is 22.7 Å². The van der Waals surface area contributed by atoms with Gasteiger partial charge in [-0.1, -0.05) is 6.07 Å². The predicted molar refractivity (Wildman–Crippen MR) is 112 cm³/mol. The lowest BCUT2D eigenvalue weighted by molar-refractivity contribution is -0.120. The van der Waals surface area contributed by atoms with Gasteiger partial charge in [-0.3, -0.25) is 9.69 Å². The minimum absolute atomic E-state index is 0.0581. The molecule has 0 unspecified atom stereocenters. The van der Waals surface area contributed by atoms with Crippen molar-refractivity contribution in [3.8, 4) is 11.5 Å². The molecule has 8 nitrogen and oxygen atoms in total.